The quantitative estimate of drug-likeness (QED) is 0.716. The van der Waals surface area contributed by atoms with Crippen LogP contribution in [0.25, 0.3) is 6.08 Å². The van der Waals surface area contributed by atoms with E-state index in [1.807, 2.05) is 0 Å². The van der Waals surface area contributed by atoms with E-state index in [0.717, 1.165) is 5.56 Å². The van der Waals surface area contributed by atoms with Crippen molar-refractivity contribution in [2.45, 2.75) is 0 Å². The summed E-state index contributed by atoms with van der Waals surface area (Å²) in [6.45, 7) is 0.459. The smallest absolute Gasteiger partial charge is 0.354 e. The number of pyridine rings is 1. The van der Waals surface area contributed by atoms with E-state index in [9.17, 15) is 4.79 Å². The molecule has 4 nitrogen and oxygen atoms in total. The van der Waals surface area contributed by atoms with Crippen molar-refractivity contribution >= 4 is 12.0 Å². The molecule has 0 unspecified atom stereocenters. The third-order valence-electron chi connectivity index (χ3n) is 1.45. The highest BCUT2D eigenvalue weighted by molar-refractivity contribution is 5.85. The van der Waals surface area contributed by atoms with Crippen LogP contribution in [0.1, 0.15) is 16.1 Å². The Morgan fingerprint density at radius 1 is 1.62 bits per heavy atom. The summed E-state index contributed by atoms with van der Waals surface area (Å²) in [7, 11) is 0. The Morgan fingerprint density at radius 3 is 2.85 bits per heavy atom. The van der Waals surface area contributed by atoms with Gasteiger partial charge in [-0.05, 0) is 11.6 Å². The van der Waals surface area contributed by atoms with Gasteiger partial charge in [0.25, 0.3) is 0 Å². The van der Waals surface area contributed by atoms with Gasteiger partial charge in [-0.1, -0.05) is 18.2 Å². The molecule has 3 N–H and O–H groups in total. The average Bonchev–Trinajstić information content (AvgIpc) is 2.15. The predicted molar refractivity (Wildman–Crippen MR) is 49.3 cm³/mol. The molecule has 0 spiro atoms. The van der Waals surface area contributed by atoms with E-state index in [0.29, 0.717) is 6.54 Å². The van der Waals surface area contributed by atoms with E-state index in [4.69, 9.17) is 10.8 Å². The van der Waals surface area contributed by atoms with Gasteiger partial charge in [0.1, 0.15) is 5.69 Å². The number of nitrogens with two attached hydrogens (primary N) is 1. The SMILES string of the molecule is NCC=Cc1ccc(C(=O)O)nc1. The molecule has 13 heavy (non-hydrogen) atoms. The molecular weight excluding hydrogens is 168 g/mol. The molecule has 4 heteroatoms. The van der Waals surface area contributed by atoms with Crippen LogP contribution in [0.2, 0.25) is 0 Å². The number of aromatic nitrogens is 1. The van der Waals surface area contributed by atoms with Crippen LogP contribution in [0.15, 0.2) is 24.4 Å². The van der Waals surface area contributed by atoms with Gasteiger partial charge in [-0.25, -0.2) is 9.78 Å². The van der Waals surface area contributed by atoms with Gasteiger partial charge < -0.3 is 10.8 Å². The zero-order valence-corrected chi connectivity index (χ0v) is 6.97. The first kappa shape index (κ1) is 9.41. The van der Waals surface area contributed by atoms with E-state index in [1.165, 1.54) is 12.3 Å². The molecule has 0 atom stereocenters. The summed E-state index contributed by atoms with van der Waals surface area (Å²) in [6.07, 6.45) is 5.06. The summed E-state index contributed by atoms with van der Waals surface area (Å²) < 4.78 is 0. The minimum Gasteiger partial charge on any atom is -0.477 e. The Morgan fingerprint density at radius 2 is 2.38 bits per heavy atom. The van der Waals surface area contributed by atoms with Crippen molar-refractivity contribution in [2.24, 2.45) is 5.73 Å². The summed E-state index contributed by atoms with van der Waals surface area (Å²) in [5.74, 6) is -1.02. The number of carboxylic acids is 1. The zero-order valence-electron chi connectivity index (χ0n) is 6.97. The van der Waals surface area contributed by atoms with Gasteiger partial charge in [0, 0.05) is 12.7 Å². The average molecular weight is 178 g/mol. The molecule has 0 radical (unpaired) electrons. The van der Waals surface area contributed by atoms with Crippen molar-refractivity contribution in [1.82, 2.24) is 4.98 Å². The third-order valence-corrected chi connectivity index (χ3v) is 1.45. The molecule has 0 aliphatic carbocycles. The Kier molecular flexibility index (Phi) is 3.16. The van der Waals surface area contributed by atoms with Gasteiger partial charge in [-0.2, -0.15) is 0 Å². The second-order valence-corrected chi connectivity index (χ2v) is 2.42. The monoisotopic (exact) mass is 178 g/mol. The van der Waals surface area contributed by atoms with Gasteiger partial charge >= 0.3 is 5.97 Å². The molecule has 0 aromatic carbocycles. The first-order valence-electron chi connectivity index (χ1n) is 3.80. The molecule has 0 aliphatic rings. The maximum absolute atomic E-state index is 10.4. The van der Waals surface area contributed by atoms with Gasteiger partial charge in [0.2, 0.25) is 0 Å². The van der Waals surface area contributed by atoms with Crippen LogP contribution in [-0.4, -0.2) is 22.6 Å². The van der Waals surface area contributed by atoms with Crippen molar-refractivity contribution in [2.75, 3.05) is 6.54 Å². The number of carbonyl (C=O) groups is 1. The maximum atomic E-state index is 10.4. The predicted octanol–water partition coefficient (Wildman–Crippen LogP) is 0.752. The molecule has 0 amide bonds. The van der Waals surface area contributed by atoms with Gasteiger partial charge in [-0.15, -0.1) is 0 Å². The normalized spacial score (nSPS) is 10.5. The van der Waals surface area contributed by atoms with Crippen LogP contribution in [0, 0.1) is 0 Å². The van der Waals surface area contributed by atoms with Gasteiger partial charge in [0.15, 0.2) is 0 Å². The molecule has 0 fully saturated rings. The van der Waals surface area contributed by atoms with Gasteiger partial charge in [-0.3, -0.25) is 0 Å². The van der Waals surface area contributed by atoms with Crippen LogP contribution >= 0.6 is 0 Å². The maximum Gasteiger partial charge on any atom is 0.354 e. The fourth-order valence-electron chi connectivity index (χ4n) is 0.835. The summed E-state index contributed by atoms with van der Waals surface area (Å²) in [5.41, 5.74) is 6.14. The molecule has 68 valence electrons. The van der Waals surface area contributed by atoms with Crippen molar-refractivity contribution < 1.29 is 9.90 Å². The largest absolute Gasteiger partial charge is 0.477 e. The minimum absolute atomic E-state index is 0.0462. The Hall–Kier alpha value is -1.68. The van der Waals surface area contributed by atoms with Crippen molar-refractivity contribution in [1.29, 1.82) is 0 Å². The highest BCUT2D eigenvalue weighted by atomic mass is 16.4. The van der Waals surface area contributed by atoms with Crippen LogP contribution in [0.5, 0.6) is 0 Å². The highest BCUT2D eigenvalue weighted by Gasteiger charge is 2.01. The third kappa shape index (κ3) is 2.68. The zero-order chi connectivity index (χ0) is 9.68. The Bertz CT molecular complexity index is 317. The van der Waals surface area contributed by atoms with Gasteiger partial charge in [0.05, 0.1) is 0 Å². The van der Waals surface area contributed by atoms with Crippen molar-refractivity contribution in [3.05, 3.63) is 35.7 Å². The highest BCUT2D eigenvalue weighted by Crippen LogP contribution is 2.01. The van der Waals surface area contributed by atoms with E-state index < -0.39 is 5.97 Å². The van der Waals surface area contributed by atoms with Crippen molar-refractivity contribution in [3.8, 4) is 0 Å². The first-order chi connectivity index (χ1) is 6.24. The molecule has 1 rings (SSSR count). The number of nitrogens with zero attached hydrogens (tertiary/aromatic N) is 1. The molecule has 0 saturated carbocycles. The van der Waals surface area contributed by atoms with Crippen LogP contribution in [0.4, 0.5) is 0 Å². The molecule has 0 saturated heterocycles. The lowest BCUT2D eigenvalue weighted by atomic mass is 10.2. The van der Waals surface area contributed by atoms with Crippen LogP contribution < -0.4 is 5.73 Å². The number of hydrogen-bond donors (Lipinski definition) is 2. The Balaban J connectivity index is 2.81. The lowest BCUT2D eigenvalue weighted by Gasteiger charge is -1.94. The molecule has 1 aromatic rings. The molecule has 1 heterocycles. The number of rotatable bonds is 3. The Labute approximate surface area is 75.7 Å². The minimum atomic E-state index is -1.02. The fourth-order valence-corrected chi connectivity index (χ4v) is 0.835. The summed E-state index contributed by atoms with van der Waals surface area (Å²) >= 11 is 0. The van der Waals surface area contributed by atoms with Crippen LogP contribution in [-0.2, 0) is 0 Å². The molecule has 1 aromatic heterocycles. The van der Waals surface area contributed by atoms with E-state index in [-0.39, 0.29) is 5.69 Å². The lowest BCUT2D eigenvalue weighted by molar-refractivity contribution is 0.0690. The number of hydrogen-bond acceptors (Lipinski definition) is 3. The summed E-state index contributed by atoms with van der Waals surface area (Å²) in [6, 6.07) is 3.14. The van der Waals surface area contributed by atoms with E-state index >= 15 is 0 Å². The van der Waals surface area contributed by atoms with Crippen molar-refractivity contribution in [3.63, 3.8) is 0 Å². The van der Waals surface area contributed by atoms with E-state index in [1.54, 1.807) is 18.2 Å². The molecular formula is C9H10N2O2. The summed E-state index contributed by atoms with van der Waals surface area (Å²) in [4.78, 5) is 14.2. The fraction of sp³-hybridized carbons (Fsp3) is 0.111. The second kappa shape index (κ2) is 4.37. The number of carboxylic acid groups (broad SMARTS) is 1. The standard InChI is InChI=1S/C9H10N2O2/c10-5-1-2-7-3-4-8(9(12)13)11-6-7/h1-4,6H,5,10H2,(H,12,13). The second-order valence-electron chi connectivity index (χ2n) is 2.42. The topological polar surface area (TPSA) is 76.2 Å². The van der Waals surface area contributed by atoms with Crippen LogP contribution in [0.3, 0.4) is 0 Å². The molecule has 0 bridgehead atoms. The number of aromatic carboxylic acids is 1. The first-order valence-corrected chi connectivity index (χ1v) is 3.80. The molecule has 0 aliphatic heterocycles. The lowest BCUT2D eigenvalue weighted by Crippen LogP contribution is -1.99. The van der Waals surface area contributed by atoms with E-state index in [2.05, 4.69) is 4.98 Å². The summed E-state index contributed by atoms with van der Waals surface area (Å²) in [5, 5.41) is 8.55.